The number of anilines is 1. The molecule has 1 fully saturated rings. The topological polar surface area (TPSA) is 52.6 Å². The number of piperidine rings is 1. The Hall–Kier alpha value is -1.55. The summed E-state index contributed by atoms with van der Waals surface area (Å²) in [4.78, 5) is 14.8. The van der Waals surface area contributed by atoms with Gasteiger partial charge < -0.3 is 15.3 Å². The van der Waals surface area contributed by atoms with Crippen molar-refractivity contribution in [3.8, 4) is 5.75 Å². The molecule has 28 heavy (non-hydrogen) atoms. The molecule has 2 rings (SSSR count). The van der Waals surface area contributed by atoms with Gasteiger partial charge in [-0.3, -0.25) is 4.79 Å². The summed E-state index contributed by atoms with van der Waals surface area (Å²) in [5, 5.41) is 13.4. The minimum Gasteiger partial charge on any atom is -0.506 e. The van der Waals surface area contributed by atoms with Crippen LogP contribution >= 0.6 is 0 Å². The molecule has 4 nitrogen and oxygen atoms in total. The van der Waals surface area contributed by atoms with E-state index < -0.39 is 5.41 Å². The molecule has 0 aliphatic carbocycles. The fourth-order valence-electron chi connectivity index (χ4n) is 4.01. The predicted octanol–water partition coefficient (Wildman–Crippen LogP) is 5.56. The molecule has 1 aromatic rings. The van der Waals surface area contributed by atoms with E-state index in [9.17, 15) is 9.90 Å². The number of nitrogens with one attached hydrogen (secondary N) is 1. The smallest absolute Gasteiger partial charge is 0.229 e. The van der Waals surface area contributed by atoms with Crippen LogP contribution in [0.25, 0.3) is 0 Å². The standard InChI is InChI=1S/C24H40N2O2/c1-7-8-9-10-14-26-15-13-24(6,18(2)17-26)19-11-12-20(21(27)16-19)25-22(28)23(3,4)5/h11-12,16,18,27H,7-10,13-15,17H2,1-6H3,(H,25,28). The number of carbonyl (C=O) groups is 1. The van der Waals surface area contributed by atoms with E-state index in [1.807, 2.05) is 32.9 Å². The van der Waals surface area contributed by atoms with Gasteiger partial charge in [-0.15, -0.1) is 0 Å². The maximum absolute atomic E-state index is 12.2. The Morgan fingerprint density at radius 2 is 2.00 bits per heavy atom. The number of likely N-dealkylation sites (tertiary alicyclic amines) is 1. The van der Waals surface area contributed by atoms with Crippen LogP contribution in [0.15, 0.2) is 18.2 Å². The van der Waals surface area contributed by atoms with Gasteiger partial charge in [-0.05, 0) is 55.0 Å². The Morgan fingerprint density at radius 1 is 1.29 bits per heavy atom. The van der Waals surface area contributed by atoms with Crippen LogP contribution in [-0.2, 0) is 10.2 Å². The third kappa shape index (κ3) is 5.50. The SMILES string of the molecule is CCCCCCN1CCC(C)(c2ccc(NC(=O)C(C)(C)C)c(O)c2)C(C)C1. The van der Waals surface area contributed by atoms with Gasteiger partial charge in [0.05, 0.1) is 5.69 Å². The summed E-state index contributed by atoms with van der Waals surface area (Å²) in [5.74, 6) is 0.582. The first-order valence-corrected chi connectivity index (χ1v) is 10.9. The van der Waals surface area contributed by atoms with Gasteiger partial charge in [0.1, 0.15) is 5.75 Å². The molecule has 0 radical (unpaired) electrons. The summed E-state index contributed by atoms with van der Waals surface area (Å²) < 4.78 is 0. The van der Waals surface area contributed by atoms with Crippen LogP contribution in [0.3, 0.4) is 0 Å². The van der Waals surface area contributed by atoms with Crippen molar-refractivity contribution < 1.29 is 9.90 Å². The molecular weight excluding hydrogens is 348 g/mol. The lowest BCUT2D eigenvalue weighted by molar-refractivity contribution is -0.123. The van der Waals surface area contributed by atoms with E-state index in [2.05, 4.69) is 37.1 Å². The second kappa shape index (κ2) is 9.30. The molecule has 2 N–H and O–H groups in total. The van der Waals surface area contributed by atoms with E-state index in [4.69, 9.17) is 0 Å². The number of phenolic OH excluding ortho intramolecular Hbond substituents is 1. The highest BCUT2D eigenvalue weighted by Crippen LogP contribution is 2.41. The van der Waals surface area contributed by atoms with Gasteiger partial charge in [0.2, 0.25) is 5.91 Å². The van der Waals surface area contributed by atoms with Crippen LogP contribution in [0.5, 0.6) is 5.75 Å². The quantitative estimate of drug-likeness (QED) is 0.475. The molecule has 1 aliphatic rings. The van der Waals surface area contributed by atoms with Crippen LogP contribution in [0.1, 0.15) is 79.2 Å². The summed E-state index contributed by atoms with van der Waals surface area (Å²) in [6.45, 7) is 15.9. The maximum Gasteiger partial charge on any atom is 0.229 e. The van der Waals surface area contributed by atoms with Crippen molar-refractivity contribution in [3.63, 3.8) is 0 Å². The van der Waals surface area contributed by atoms with Gasteiger partial charge in [-0.2, -0.15) is 0 Å². The van der Waals surface area contributed by atoms with Gasteiger partial charge in [0, 0.05) is 12.0 Å². The van der Waals surface area contributed by atoms with E-state index in [1.165, 1.54) is 32.2 Å². The molecule has 2 unspecified atom stereocenters. The Bertz CT molecular complexity index is 665. The monoisotopic (exact) mass is 388 g/mol. The third-order valence-electron chi connectivity index (χ3n) is 6.48. The lowest BCUT2D eigenvalue weighted by Gasteiger charge is -2.45. The molecule has 4 heteroatoms. The molecule has 1 aromatic carbocycles. The molecule has 0 saturated carbocycles. The Balaban J connectivity index is 2.04. The molecule has 0 bridgehead atoms. The lowest BCUT2D eigenvalue weighted by Crippen LogP contribution is -2.47. The predicted molar refractivity (Wildman–Crippen MR) is 118 cm³/mol. The van der Waals surface area contributed by atoms with E-state index in [1.54, 1.807) is 0 Å². The molecule has 1 heterocycles. The minimum absolute atomic E-state index is 0.0456. The third-order valence-corrected chi connectivity index (χ3v) is 6.48. The zero-order chi connectivity index (χ0) is 20.9. The first-order valence-electron chi connectivity index (χ1n) is 10.9. The fraction of sp³-hybridized carbons (Fsp3) is 0.708. The molecule has 1 aliphatic heterocycles. The van der Waals surface area contributed by atoms with Gasteiger partial charge in [0.25, 0.3) is 0 Å². The van der Waals surface area contributed by atoms with Crippen molar-refractivity contribution in [3.05, 3.63) is 23.8 Å². The van der Waals surface area contributed by atoms with Gasteiger partial charge in [0.15, 0.2) is 0 Å². The number of aromatic hydroxyl groups is 1. The van der Waals surface area contributed by atoms with Gasteiger partial charge in [-0.1, -0.05) is 66.9 Å². The van der Waals surface area contributed by atoms with Crippen LogP contribution in [0.4, 0.5) is 5.69 Å². The molecule has 2 atom stereocenters. The molecule has 158 valence electrons. The maximum atomic E-state index is 12.2. The molecule has 1 amide bonds. The van der Waals surface area contributed by atoms with Crippen LogP contribution in [0, 0.1) is 11.3 Å². The summed E-state index contributed by atoms with van der Waals surface area (Å²) in [5.41, 5.74) is 1.21. The Morgan fingerprint density at radius 3 is 2.57 bits per heavy atom. The average Bonchev–Trinajstić information content (AvgIpc) is 2.62. The van der Waals surface area contributed by atoms with E-state index in [0.717, 1.165) is 25.1 Å². The summed E-state index contributed by atoms with van der Waals surface area (Å²) in [7, 11) is 0. The summed E-state index contributed by atoms with van der Waals surface area (Å²) in [6.07, 6.45) is 6.33. The largest absolute Gasteiger partial charge is 0.506 e. The number of rotatable bonds is 7. The van der Waals surface area contributed by atoms with Crippen molar-refractivity contribution in [1.29, 1.82) is 0 Å². The van der Waals surface area contributed by atoms with Gasteiger partial charge in [-0.25, -0.2) is 0 Å². The highest BCUT2D eigenvalue weighted by atomic mass is 16.3. The first-order chi connectivity index (χ1) is 13.1. The van der Waals surface area contributed by atoms with Crippen LogP contribution in [-0.4, -0.2) is 35.5 Å². The van der Waals surface area contributed by atoms with Crippen molar-refractivity contribution >= 4 is 11.6 Å². The number of benzene rings is 1. The summed E-state index contributed by atoms with van der Waals surface area (Å²) >= 11 is 0. The number of amides is 1. The van der Waals surface area contributed by atoms with E-state index in [-0.39, 0.29) is 17.1 Å². The number of hydrogen-bond donors (Lipinski definition) is 2. The van der Waals surface area contributed by atoms with Crippen molar-refractivity contribution in [1.82, 2.24) is 4.90 Å². The normalized spacial score (nSPS) is 23.6. The van der Waals surface area contributed by atoms with Gasteiger partial charge >= 0.3 is 0 Å². The second-order valence-electron chi connectivity index (χ2n) is 9.87. The summed E-state index contributed by atoms with van der Waals surface area (Å²) in [6, 6.07) is 5.78. The van der Waals surface area contributed by atoms with E-state index in [0.29, 0.717) is 11.6 Å². The van der Waals surface area contributed by atoms with Crippen molar-refractivity contribution in [2.45, 2.75) is 79.1 Å². The Labute approximate surface area is 171 Å². The minimum atomic E-state index is -0.491. The average molecular weight is 389 g/mol. The number of carbonyl (C=O) groups excluding carboxylic acids is 1. The number of unbranched alkanes of at least 4 members (excludes halogenated alkanes) is 3. The highest BCUT2D eigenvalue weighted by molar-refractivity contribution is 5.95. The van der Waals surface area contributed by atoms with Crippen molar-refractivity contribution in [2.24, 2.45) is 11.3 Å². The first kappa shape index (κ1) is 22.7. The second-order valence-corrected chi connectivity index (χ2v) is 9.87. The number of nitrogens with zero attached hydrogens (tertiary/aromatic N) is 1. The zero-order valence-corrected chi connectivity index (χ0v) is 18.8. The molecular formula is C24H40N2O2. The zero-order valence-electron chi connectivity index (χ0n) is 18.8. The Kier molecular flexibility index (Phi) is 7.55. The van der Waals surface area contributed by atoms with Crippen LogP contribution in [0.2, 0.25) is 0 Å². The molecule has 1 saturated heterocycles. The highest BCUT2D eigenvalue weighted by Gasteiger charge is 2.38. The number of hydrogen-bond acceptors (Lipinski definition) is 3. The fourth-order valence-corrected chi connectivity index (χ4v) is 4.01. The lowest BCUT2D eigenvalue weighted by atomic mass is 9.68. The van der Waals surface area contributed by atoms with Crippen LogP contribution < -0.4 is 5.32 Å². The molecule has 0 aromatic heterocycles. The number of phenols is 1. The van der Waals surface area contributed by atoms with E-state index >= 15 is 0 Å². The van der Waals surface area contributed by atoms with Crippen molar-refractivity contribution in [2.75, 3.05) is 25.0 Å². The molecule has 0 spiro atoms.